The SMILES string of the molecule is CCN(CCCN(C)C)C(C)c1ccc(C)cc1O. The molecule has 0 bridgehead atoms. The topological polar surface area (TPSA) is 26.7 Å². The summed E-state index contributed by atoms with van der Waals surface area (Å²) in [5.41, 5.74) is 2.13. The van der Waals surface area contributed by atoms with Gasteiger partial charge >= 0.3 is 0 Å². The van der Waals surface area contributed by atoms with Crippen LogP contribution < -0.4 is 0 Å². The van der Waals surface area contributed by atoms with Gasteiger partial charge in [-0.05, 0) is 65.6 Å². The Morgan fingerprint density at radius 3 is 2.42 bits per heavy atom. The molecule has 0 fully saturated rings. The maximum atomic E-state index is 10.1. The van der Waals surface area contributed by atoms with Crippen molar-refractivity contribution in [2.45, 2.75) is 33.2 Å². The Kier molecular flexibility index (Phi) is 6.32. The highest BCUT2D eigenvalue weighted by Crippen LogP contribution is 2.29. The predicted molar refractivity (Wildman–Crippen MR) is 81.7 cm³/mol. The lowest BCUT2D eigenvalue weighted by Crippen LogP contribution is -2.30. The second-order valence-corrected chi connectivity index (χ2v) is 5.52. The molecule has 19 heavy (non-hydrogen) atoms. The minimum Gasteiger partial charge on any atom is -0.508 e. The van der Waals surface area contributed by atoms with Crippen molar-refractivity contribution in [1.82, 2.24) is 9.80 Å². The van der Waals surface area contributed by atoms with Crippen LogP contribution in [0.4, 0.5) is 0 Å². The quantitative estimate of drug-likeness (QED) is 0.820. The Labute approximate surface area is 117 Å². The normalized spacial score (nSPS) is 13.2. The van der Waals surface area contributed by atoms with E-state index in [1.54, 1.807) is 0 Å². The first-order chi connectivity index (χ1) is 8.95. The van der Waals surface area contributed by atoms with Crippen molar-refractivity contribution in [3.63, 3.8) is 0 Å². The number of aromatic hydroxyl groups is 1. The minimum absolute atomic E-state index is 0.257. The highest BCUT2D eigenvalue weighted by Gasteiger charge is 2.16. The van der Waals surface area contributed by atoms with E-state index in [-0.39, 0.29) is 6.04 Å². The van der Waals surface area contributed by atoms with Gasteiger partial charge in [0.2, 0.25) is 0 Å². The van der Waals surface area contributed by atoms with Crippen LogP contribution >= 0.6 is 0 Å². The molecule has 1 unspecified atom stereocenters. The van der Waals surface area contributed by atoms with Crippen LogP contribution in [0.3, 0.4) is 0 Å². The molecular formula is C16H28N2O. The average Bonchev–Trinajstić information content (AvgIpc) is 2.33. The van der Waals surface area contributed by atoms with Crippen LogP contribution in [0.1, 0.15) is 37.4 Å². The van der Waals surface area contributed by atoms with Gasteiger partial charge in [-0.3, -0.25) is 4.90 Å². The van der Waals surface area contributed by atoms with Gasteiger partial charge in [0.1, 0.15) is 5.75 Å². The smallest absolute Gasteiger partial charge is 0.120 e. The molecule has 0 aliphatic carbocycles. The standard InChI is InChI=1S/C16H28N2O/c1-6-18(11-7-10-17(4)5)14(3)15-9-8-13(2)12-16(15)19/h8-9,12,14,19H,6-7,10-11H2,1-5H3. The number of benzene rings is 1. The summed E-state index contributed by atoms with van der Waals surface area (Å²) in [6.45, 7) is 9.51. The van der Waals surface area contributed by atoms with Crippen LogP contribution in [0, 0.1) is 6.92 Å². The zero-order chi connectivity index (χ0) is 14.4. The molecule has 1 aromatic carbocycles. The van der Waals surface area contributed by atoms with Gasteiger partial charge in [0.05, 0.1) is 0 Å². The maximum absolute atomic E-state index is 10.1. The molecule has 0 aliphatic heterocycles. The van der Waals surface area contributed by atoms with Gasteiger partial charge in [-0.1, -0.05) is 19.1 Å². The number of hydrogen-bond donors (Lipinski definition) is 1. The van der Waals surface area contributed by atoms with Crippen LogP contribution in [0.15, 0.2) is 18.2 Å². The first kappa shape index (κ1) is 16.0. The molecule has 0 aromatic heterocycles. The Balaban J connectivity index is 2.69. The zero-order valence-electron chi connectivity index (χ0n) is 13.0. The average molecular weight is 264 g/mol. The van der Waals surface area contributed by atoms with E-state index in [1.165, 1.54) is 0 Å². The summed E-state index contributed by atoms with van der Waals surface area (Å²) in [5.74, 6) is 0.415. The highest BCUT2D eigenvalue weighted by atomic mass is 16.3. The van der Waals surface area contributed by atoms with E-state index in [9.17, 15) is 5.11 Å². The van der Waals surface area contributed by atoms with Crippen molar-refractivity contribution in [3.8, 4) is 5.75 Å². The van der Waals surface area contributed by atoms with Crippen LogP contribution in [-0.2, 0) is 0 Å². The van der Waals surface area contributed by atoms with Crippen molar-refractivity contribution in [2.75, 3.05) is 33.7 Å². The molecule has 0 saturated heterocycles. The van der Waals surface area contributed by atoms with E-state index >= 15 is 0 Å². The van der Waals surface area contributed by atoms with Gasteiger partial charge in [0.25, 0.3) is 0 Å². The van der Waals surface area contributed by atoms with Gasteiger partial charge in [0, 0.05) is 11.6 Å². The molecule has 0 spiro atoms. The molecule has 0 heterocycles. The molecule has 1 rings (SSSR count). The van der Waals surface area contributed by atoms with Crippen LogP contribution in [0.5, 0.6) is 5.75 Å². The molecule has 1 atom stereocenters. The van der Waals surface area contributed by atoms with Crippen molar-refractivity contribution < 1.29 is 5.11 Å². The molecule has 0 amide bonds. The van der Waals surface area contributed by atoms with Gasteiger partial charge in [-0.25, -0.2) is 0 Å². The van der Waals surface area contributed by atoms with E-state index < -0.39 is 0 Å². The third-order valence-corrected chi connectivity index (χ3v) is 3.64. The fourth-order valence-electron chi connectivity index (χ4n) is 2.42. The second-order valence-electron chi connectivity index (χ2n) is 5.52. The lowest BCUT2D eigenvalue weighted by molar-refractivity contribution is 0.207. The second kappa shape index (κ2) is 7.51. The summed E-state index contributed by atoms with van der Waals surface area (Å²) in [4.78, 5) is 4.62. The van der Waals surface area contributed by atoms with E-state index in [1.807, 2.05) is 19.1 Å². The number of nitrogens with zero attached hydrogens (tertiary/aromatic N) is 2. The number of aryl methyl sites for hydroxylation is 1. The maximum Gasteiger partial charge on any atom is 0.120 e. The summed E-state index contributed by atoms with van der Waals surface area (Å²) < 4.78 is 0. The lowest BCUT2D eigenvalue weighted by Gasteiger charge is -2.29. The van der Waals surface area contributed by atoms with Crippen molar-refractivity contribution >= 4 is 0 Å². The van der Waals surface area contributed by atoms with E-state index in [4.69, 9.17) is 0 Å². The molecule has 3 nitrogen and oxygen atoms in total. The summed E-state index contributed by atoms with van der Waals surface area (Å²) >= 11 is 0. The zero-order valence-corrected chi connectivity index (χ0v) is 13.0. The fraction of sp³-hybridized carbons (Fsp3) is 0.625. The molecule has 3 heteroatoms. The van der Waals surface area contributed by atoms with Crippen LogP contribution in [0.25, 0.3) is 0 Å². The monoisotopic (exact) mass is 264 g/mol. The van der Waals surface area contributed by atoms with Crippen molar-refractivity contribution in [2.24, 2.45) is 0 Å². The van der Waals surface area contributed by atoms with Gasteiger partial charge < -0.3 is 10.0 Å². The number of hydrogen-bond acceptors (Lipinski definition) is 3. The van der Waals surface area contributed by atoms with Gasteiger partial charge in [0.15, 0.2) is 0 Å². The highest BCUT2D eigenvalue weighted by molar-refractivity contribution is 5.37. The Bertz CT molecular complexity index is 390. The van der Waals surface area contributed by atoms with E-state index in [0.717, 1.165) is 37.2 Å². The Hall–Kier alpha value is -1.06. The van der Waals surface area contributed by atoms with Crippen molar-refractivity contribution in [1.29, 1.82) is 0 Å². The van der Waals surface area contributed by atoms with Crippen LogP contribution in [-0.4, -0.2) is 48.6 Å². The molecule has 0 aliphatic rings. The third-order valence-electron chi connectivity index (χ3n) is 3.64. The third kappa shape index (κ3) is 4.84. The summed E-state index contributed by atoms with van der Waals surface area (Å²) in [6, 6.07) is 6.22. The van der Waals surface area contributed by atoms with E-state index in [2.05, 4.69) is 43.8 Å². The van der Waals surface area contributed by atoms with Gasteiger partial charge in [-0.2, -0.15) is 0 Å². The molecule has 0 saturated carbocycles. The van der Waals surface area contributed by atoms with Gasteiger partial charge in [-0.15, -0.1) is 0 Å². The van der Waals surface area contributed by atoms with Crippen LogP contribution in [0.2, 0.25) is 0 Å². The molecular weight excluding hydrogens is 236 g/mol. The summed E-state index contributed by atoms with van der Waals surface area (Å²) in [7, 11) is 4.21. The number of phenolic OH excluding ortho intramolecular Hbond substituents is 1. The first-order valence-electron chi connectivity index (χ1n) is 7.14. The predicted octanol–water partition coefficient (Wildman–Crippen LogP) is 3.04. The Morgan fingerprint density at radius 1 is 1.21 bits per heavy atom. The lowest BCUT2D eigenvalue weighted by atomic mass is 10.0. The van der Waals surface area contributed by atoms with E-state index in [0.29, 0.717) is 5.75 Å². The minimum atomic E-state index is 0.257. The fourth-order valence-corrected chi connectivity index (χ4v) is 2.42. The summed E-state index contributed by atoms with van der Waals surface area (Å²) in [5, 5.41) is 10.1. The first-order valence-corrected chi connectivity index (χ1v) is 7.14. The molecule has 108 valence electrons. The molecule has 0 radical (unpaired) electrons. The summed E-state index contributed by atoms with van der Waals surface area (Å²) in [6.07, 6.45) is 1.15. The van der Waals surface area contributed by atoms with Crippen molar-refractivity contribution in [3.05, 3.63) is 29.3 Å². The molecule has 1 aromatic rings. The molecule has 1 N–H and O–H groups in total. The Morgan fingerprint density at radius 2 is 1.89 bits per heavy atom. The largest absolute Gasteiger partial charge is 0.508 e. The number of phenols is 1. The number of rotatable bonds is 7.